The quantitative estimate of drug-likeness (QED) is 0.939. The van der Waals surface area contributed by atoms with Gasteiger partial charge < -0.3 is 4.90 Å². The molecule has 1 heterocycles. The number of hydrogen-bond donors (Lipinski definition) is 1. The Hall–Kier alpha value is -2.51. The van der Waals surface area contributed by atoms with Crippen molar-refractivity contribution in [2.24, 2.45) is 7.05 Å². The van der Waals surface area contributed by atoms with E-state index in [1.165, 1.54) is 29.8 Å². The smallest absolute Gasteiger partial charge is 0.356 e. The molecule has 0 radical (unpaired) electrons. The monoisotopic (exact) mass is 313 g/mol. The van der Waals surface area contributed by atoms with E-state index in [4.69, 9.17) is 0 Å². The summed E-state index contributed by atoms with van der Waals surface area (Å²) in [6.07, 6.45) is -4.37. The highest BCUT2D eigenvalue weighted by atomic mass is 19.4. The number of aromatic nitrogens is 2. The fourth-order valence-electron chi connectivity index (χ4n) is 2.06. The summed E-state index contributed by atoms with van der Waals surface area (Å²) in [5.74, 6) is 0.369. The number of H-pyrrole nitrogens is 1. The Bertz CT molecular complexity index is 776. The minimum atomic E-state index is -4.37. The maximum Gasteiger partial charge on any atom is 0.416 e. The van der Waals surface area contributed by atoms with Gasteiger partial charge in [-0.2, -0.15) is 13.2 Å². The molecule has 1 N–H and O–H groups in total. The summed E-state index contributed by atoms with van der Waals surface area (Å²) in [7, 11) is 3.14. The van der Waals surface area contributed by atoms with E-state index in [1.807, 2.05) is 0 Å². The van der Waals surface area contributed by atoms with Gasteiger partial charge in [-0.15, -0.1) is 0 Å². The highest BCUT2D eigenvalue weighted by Crippen LogP contribution is 2.29. The summed E-state index contributed by atoms with van der Waals surface area (Å²) < 4.78 is 38.8. The summed E-state index contributed by atoms with van der Waals surface area (Å²) in [4.78, 5) is 26.6. The van der Waals surface area contributed by atoms with Crippen LogP contribution in [0.4, 0.5) is 19.0 Å². The molecular formula is C14H14F3N3O2. The molecule has 0 unspecified atom stereocenters. The van der Waals surface area contributed by atoms with Gasteiger partial charge in [0.2, 0.25) is 0 Å². The van der Waals surface area contributed by atoms with Gasteiger partial charge in [0.15, 0.2) is 0 Å². The number of alkyl halides is 3. The minimum Gasteiger partial charge on any atom is -0.356 e. The van der Waals surface area contributed by atoms with Crippen LogP contribution in [0.2, 0.25) is 0 Å². The molecule has 0 spiro atoms. The van der Waals surface area contributed by atoms with Crippen LogP contribution in [-0.4, -0.2) is 16.6 Å². The van der Waals surface area contributed by atoms with E-state index in [0.29, 0.717) is 11.4 Å². The van der Waals surface area contributed by atoms with Crippen LogP contribution in [0.25, 0.3) is 0 Å². The average molecular weight is 313 g/mol. The fourth-order valence-corrected chi connectivity index (χ4v) is 2.06. The predicted octanol–water partition coefficient (Wildman–Crippen LogP) is 1.73. The molecule has 0 bridgehead atoms. The van der Waals surface area contributed by atoms with Gasteiger partial charge in [0.1, 0.15) is 5.82 Å². The second-order valence-electron chi connectivity index (χ2n) is 4.91. The third-order valence-corrected chi connectivity index (χ3v) is 3.23. The number of anilines is 1. The van der Waals surface area contributed by atoms with Crippen LogP contribution in [0.1, 0.15) is 11.1 Å². The number of rotatable bonds is 3. The average Bonchev–Trinajstić information content (AvgIpc) is 2.42. The first-order valence-corrected chi connectivity index (χ1v) is 6.36. The molecule has 0 aliphatic heterocycles. The lowest BCUT2D eigenvalue weighted by Crippen LogP contribution is -2.33. The summed E-state index contributed by atoms with van der Waals surface area (Å²) in [5.41, 5.74) is -1.18. The maximum absolute atomic E-state index is 12.5. The Morgan fingerprint density at radius 3 is 2.32 bits per heavy atom. The van der Waals surface area contributed by atoms with Crippen molar-refractivity contribution in [2.45, 2.75) is 12.7 Å². The predicted molar refractivity (Wildman–Crippen MR) is 75.9 cm³/mol. The Balaban J connectivity index is 2.24. The van der Waals surface area contributed by atoms with Crippen molar-refractivity contribution in [1.29, 1.82) is 0 Å². The van der Waals surface area contributed by atoms with Gasteiger partial charge in [0, 0.05) is 26.7 Å². The zero-order valence-electron chi connectivity index (χ0n) is 11.9. The van der Waals surface area contributed by atoms with Crippen molar-refractivity contribution >= 4 is 5.82 Å². The van der Waals surface area contributed by atoms with E-state index in [-0.39, 0.29) is 6.54 Å². The zero-order chi connectivity index (χ0) is 16.5. The molecule has 0 aliphatic carbocycles. The van der Waals surface area contributed by atoms with Crippen molar-refractivity contribution < 1.29 is 13.2 Å². The van der Waals surface area contributed by atoms with Gasteiger partial charge in [0.05, 0.1) is 5.56 Å². The van der Waals surface area contributed by atoms with Gasteiger partial charge in [-0.3, -0.25) is 14.3 Å². The number of halogens is 3. The molecule has 2 aromatic rings. The van der Waals surface area contributed by atoms with Crippen LogP contribution in [0.5, 0.6) is 0 Å². The van der Waals surface area contributed by atoms with E-state index in [0.717, 1.165) is 12.1 Å². The summed E-state index contributed by atoms with van der Waals surface area (Å²) in [6, 6.07) is 5.99. The normalized spacial score (nSPS) is 11.5. The third kappa shape index (κ3) is 3.38. The van der Waals surface area contributed by atoms with Crippen LogP contribution in [0.3, 0.4) is 0 Å². The van der Waals surface area contributed by atoms with Crippen molar-refractivity contribution in [3.05, 3.63) is 62.3 Å². The van der Waals surface area contributed by atoms with Crippen molar-refractivity contribution in [1.82, 2.24) is 9.55 Å². The highest BCUT2D eigenvalue weighted by molar-refractivity contribution is 5.38. The topological polar surface area (TPSA) is 58.1 Å². The molecular weight excluding hydrogens is 299 g/mol. The molecule has 0 saturated heterocycles. The molecule has 118 valence electrons. The molecule has 22 heavy (non-hydrogen) atoms. The van der Waals surface area contributed by atoms with Crippen LogP contribution in [-0.2, 0) is 19.8 Å². The van der Waals surface area contributed by atoms with Gasteiger partial charge in [0.25, 0.3) is 5.56 Å². The lowest BCUT2D eigenvalue weighted by atomic mass is 10.1. The van der Waals surface area contributed by atoms with E-state index in [9.17, 15) is 22.8 Å². The first-order valence-electron chi connectivity index (χ1n) is 6.36. The third-order valence-electron chi connectivity index (χ3n) is 3.23. The molecule has 0 fully saturated rings. The van der Waals surface area contributed by atoms with Crippen LogP contribution < -0.4 is 16.1 Å². The molecule has 2 rings (SSSR count). The first-order chi connectivity index (χ1) is 10.2. The Morgan fingerprint density at radius 1 is 1.18 bits per heavy atom. The summed E-state index contributed by atoms with van der Waals surface area (Å²) >= 11 is 0. The molecule has 0 atom stereocenters. The SMILES string of the molecule is CN(Cc1ccc(C(F)(F)F)cc1)c1cc(=O)[nH]c(=O)n1C. The highest BCUT2D eigenvalue weighted by Gasteiger charge is 2.29. The van der Waals surface area contributed by atoms with Crippen LogP contribution >= 0.6 is 0 Å². The lowest BCUT2D eigenvalue weighted by molar-refractivity contribution is -0.137. The zero-order valence-corrected chi connectivity index (χ0v) is 11.9. The van der Waals surface area contributed by atoms with Gasteiger partial charge in [-0.25, -0.2) is 4.79 Å². The lowest BCUT2D eigenvalue weighted by Gasteiger charge is -2.21. The van der Waals surface area contributed by atoms with Gasteiger partial charge in [-0.05, 0) is 17.7 Å². The first kappa shape index (κ1) is 15.9. The Kier molecular flexibility index (Phi) is 4.11. The summed E-state index contributed by atoms with van der Waals surface area (Å²) in [5, 5.41) is 0. The second-order valence-corrected chi connectivity index (χ2v) is 4.91. The van der Waals surface area contributed by atoms with Gasteiger partial charge >= 0.3 is 11.9 Å². The Labute approximate surface area is 123 Å². The Morgan fingerprint density at radius 2 is 1.77 bits per heavy atom. The molecule has 0 aliphatic rings. The fraction of sp³-hybridized carbons (Fsp3) is 0.286. The standard InChI is InChI=1S/C14H14F3N3O2/c1-19(12-7-11(21)18-13(22)20(12)2)8-9-3-5-10(6-4-9)14(15,16)17/h3-7H,8H2,1-2H3,(H,18,21,22). The largest absolute Gasteiger partial charge is 0.416 e. The molecule has 8 heteroatoms. The number of nitrogens with one attached hydrogen (secondary N) is 1. The molecule has 1 aromatic heterocycles. The van der Waals surface area contributed by atoms with E-state index in [2.05, 4.69) is 4.98 Å². The molecule has 0 saturated carbocycles. The van der Waals surface area contributed by atoms with Crippen LogP contribution in [0.15, 0.2) is 39.9 Å². The number of hydrogen-bond acceptors (Lipinski definition) is 3. The van der Waals surface area contributed by atoms with E-state index < -0.39 is 23.0 Å². The van der Waals surface area contributed by atoms with E-state index in [1.54, 1.807) is 11.9 Å². The molecule has 1 aromatic carbocycles. The molecule has 5 nitrogen and oxygen atoms in total. The number of nitrogens with zero attached hydrogens (tertiary/aromatic N) is 2. The summed E-state index contributed by atoms with van der Waals surface area (Å²) in [6.45, 7) is 0.259. The van der Waals surface area contributed by atoms with Crippen molar-refractivity contribution in [2.75, 3.05) is 11.9 Å². The van der Waals surface area contributed by atoms with Crippen molar-refractivity contribution in [3.8, 4) is 0 Å². The number of aromatic amines is 1. The minimum absolute atomic E-state index is 0.259. The second kappa shape index (κ2) is 5.70. The number of benzene rings is 1. The van der Waals surface area contributed by atoms with E-state index >= 15 is 0 Å². The maximum atomic E-state index is 12.5. The van der Waals surface area contributed by atoms with Gasteiger partial charge in [-0.1, -0.05) is 12.1 Å². The molecule has 0 amide bonds. The van der Waals surface area contributed by atoms with Crippen molar-refractivity contribution in [3.63, 3.8) is 0 Å². The van der Waals surface area contributed by atoms with Crippen LogP contribution in [0, 0.1) is 0 Å².